The van der Waals surface area contributed by atoms with Gasteiger partial charge in [0.05, 0.1) is 0 Å². The van der Waals surface area contributed by atoms with Gasteiger partial charge in [-0.1, -0.05) is 26.7 Å². The zero-order chi connectivity index (χ0) is 14.8. The molecule has 0 radical (unpaired) electrons. The Labute approximate surface area is 123 Å². The largest absolute Gasteiger partial charge is 0.329 e. The lowest BCUT2D eigenvalue weighted by Crippen LogP contribution is -2.62. The van der Waals surface area contributed by atoms with Crippen LogP contribution in [0.2, 0.25) is 0 Å². The van der Waals surface area contributed by atoms with Crippen LogP contribution in [0.4, 0.5) is 0 Å². The molecule has 0 spiro atoms. The third kappa shape index (κ3) is 3.35. The number of hydrogen-bond acceptors (Lipinski definition) is 3. The van der Waals surface area contributed by atoms with Gasteiger partial charge in [0.1, 0.15) is 0 Å². The first-order valence-electron chi connectivity index (χ1n) is 7.89. The molecule has 2 fully saturated rings. The molecular formula is C14H29N3O2S. The van der Waals surface area contributed by atoms with E-state index in [9.17, 15) is 8.42 Å². The minimum absolute atomic E-state index is 0.305. The number of nitrogens with two attached hydrogens (primary N) is 1. The number of piperidine rings is 1. The van der Waals surface area contributed by atoms with Gasteiger partial charge >= 0.3 is 0 Å². The normalized spacial score (nSPS) is 34.2. The third-order valence-electron chi connectivity index (χ3n) is 5.23. The van der Waals surface area contributed by atoms with E-state index in [1.807, 2.05) is 0 Å². The Morgan fingerprint density at radius 1 is 1.20 bits per heavy atom. The molecule has 5 nitrogen and oxygen atoms in total. The molecule has 20 heavy (non-hydrogen) atoms. The van der Waals surface area contributed by atoms with Crippen LogP contribution in [0.5, 0.6) is 0 Å². The predicted molar refractivity (Wildman–Crippen MR) is 81.4 cm³/mol. The first-order chi connectivity index (χ1) is 9.39. The molecule has 2 rings (SSSR count). The van der Waals surface area contributed by atoms with Crippen molar-refractivity contribution in [1.82, 2.24) is 9.03 Å². The first kappa shape index (κ1) is 16.2. The summed E-state index contributed by atoms with van der Waals surface area (Å²) >= 11 is 0. The van der Waals surface area contributed by atoms with Gasteiger partial charge in [-0.2, -0.15) is 17.4 Å². The highest BCUT2D eigenvalue weighted by atomic mass is 32.2. The Hall–Kier alpha value is -0.170. The summed E-state index contributed by atoms with van der Waals surface area (Å²) in [7, 11) is -3.41. The van der Waals surface area contributed by atoms with E-state index in [1.165, 1.54) is 6.42 Å². The maximum absolute atomic E-state index is 12.6. The minimum Gasteiger partial charge on any atom is -0.329 e. The van der Waals surface area contributed by atoms with E-state index < -0.39 is 15.7 Å². The van der Waals surface area contributed by atoms with E-state index in [0.717, 1.165) is 32.1 Å². The fraction of sp³-hybridized carbons (Fsp3) is 1.00. The van der Waals surface area contributed by atoms with E-state index in [1.54, 1.807) is 4.31 Å². The van der Waals surface area contributed by atoms with Gasteiger partial charge in [-0.3, -0.25) is 0 Å². The van der Waals surface area contributed by atoms with Crippen molar-refractivity contribution >= 4 is 10.2 Å². The van der Waals surface area contributed by atoms with Crippen LogP contribution in [0.15, 0.2) is 0 Å². The summed E-state index contributed by atoms with van der Waals surface area (Å²) in [6, 6.07) is 0. The molecule has 2 atom stereocenters. The molecule has 1 aliphatic heterocycles. The Morgan fingerprint density at radius 3 is 2.40 bits per heavy atom. The summed E-state index contributed by atoms with van der Waals surface area (Å²) in [5, 5.41) is 0. The van der Waals surface area contributed by atoms with Crippen molar-refractivity contribution in [3.63, 3.8) is 0 Å². The number of nitrogens with one attached hydrogen (secondary N) is 1. The lowest BCUT2D eigenvalue weighted by Gasteiger charge is -2.43. The zero-order valence-electron chi connectivity index (χ0n) is 12.8. The summed E-state index contributed by atoms with van der Waals surface area (Å²) in [5.41, 5.74) is 5.50. The molecule has 0 amide bonds. The van der Waals surface area contributed by atoms with Gasteiger partial charge in [0.15, 0.2) is 0 Å². The van der Waals surface area contributed by atoms with Crippen LogP contribution in [0.25, 0.3) is 0 Å². The van der Waals surface area contributed by atoms with Crippen molar-refractivity contribution < 1.29 is 8.42 Å². The Morgan fingerprint density at radius 2 is 1.85 bits per heavy atom. The highest BCUT2D eigenvalue weighted by molar-refractivity contribution is 7.87. The Bertz CT molecular complexity index is 418. The summed E-state index contributed by atoms with van der Waals surface area (Å²) < 4.78 is 29.8. The highest BCUT2D eigenvalue weighted by Gasteiger charge is 2.42. The lowest BCUT2D eigenvalue weighted by molar-refractivity contribution is 0.184. The summed E-state index contributed by atoms with van der Waals surface area (Å²) in [6.45, 7) is 5.95. The maximum Gasteiger partial charge on any atom is 0.280 e. The molecule has 1 heterocycles. The quantitative estimate of drug-likeness (QED) is 0.825. The SMILES string of the molecule is CC1CCN(S(=O)(=O)NC2(CN)CCCCC2C)CC1. The zero-order valence-corrected chi connectivity index (χ0v) is 13.6. The van der Waals surface area contributed by atoms with Gasteiger partial charge in [0.25, 0.3) is 10.2 Å². The van der Waals surface area contributed by atoms with Crippen molar-refractivity contribution in [2.45, 2.75) is 57.9 Å². The molecule has 6 heteroatoms. The van der Waals surface area contributed by atoms with Gasteiger partial charge < -0.3 is 5.73 Å². The number of nitrogens with zero attached hydrogens (tertiary/aromatic N) is 1. The molecule has 0 aromatic carbocycles. The molecule has 0 aromatic rings. The standard InChI is InChI=1S/C14H29N3O2S/c1-12-6-9-17(10-7-12)20(18,19)16-14(11-15)8-4-3-5-13(14)2/h12-13,16H,3-11,15H2,1-2H3. The fourth-order valence-electron chi connectivity index (χ4n) is 3.46. The Balaban J connectivity index is 2.09. The topological polar surface area (TPSA) is 75.4 Å². The van der Waals surface area contributed by atoms with Gasteiger partial charge in [-0.25, -0.2) is 0 Å². The monoisotopic (exact) mass is 303 g/mol. The molecule has 3 N–H and O–H groups in total. The van der Waals surface area contributed by atoms with Crippen LogP contribution in [0, 0.1) is 11.8 Å². The first-order valence-corrected chi connectivity index (χ1v) is 9.33. The van der Waals surface area contributed by atoms with Crippen LogP contribution in [-0.4, -0.2) is 37.9 Å². The smallest absolute Gasteiger partial charge is 0.280 e. The average molecular weight is 303 g/mol. The second-order valence-electron chi connectivity index (χ2n) is 6.70. The van der Waals surface area contributed by atoms with Crippen LogP contribution in [0.1, 0.15) is 52.4 Å². The molecule has 1 aliphatic carbocycles. The van der Waals surface area contributed by atoms with Crippen molar-refractivity contribution in [3.05, 3.63) is 0 Å². The van der Waals surface area contributed by atoms with Crippen molar-refractivity contribution in [2.24, 2.45) is 17.6 Å². The summed E-state index contributed by atoms with van der Waals surface area (Å²) in [5.74, 6) is 0.929. The van der Waals surface area contributed by atoms with Crippen LogP contribution >= 0.6 is 0 Å². The molecule has 118 valence electrons. The van der Waals surface area contributed by atoms with E-state index in [-0.39, 0.29) is 0 Å². The molecule has 0 aromatic heterocycles. The van der Waals surface area contributed by atoms with Crippen molar-refractivity contribution in [3.8, 4) is 0 Å². The highest BCUT2D eigenvalue weighted by Crippen LogP contribution is 2.34. The van der Waals surface area contributed by atoms with E-state index >= 15 is 0 Å². The van der Waals surface area contributed by atoms with Gasteiger partial charge in [-0.05, 0) is 37.5 Å². The maximum atomic E-state index is 12.6. The second-order valence-corrected chi connectivity index (χ2v) is 8.37. The fourth-order valence-corrected chi connectivity index (χ4v) is 5.18. The predicted octanol–water partition coefficient (Wildman–Crippen LogP) is 1.46. The average Bonchev–Trinajstić information content (AvgIpc) is 2.42. The molecule has 2 unspecified atom stereocenters. The number of hydrogen-bond donors (Lipinski definition) is 2. The van der Waals surface area contributed by atoms with E-state index in [4.69, 9.17) is 5.73 Å². The van der Waals surface area contributed by atoms with Gasteiger partial charge in [0, 0.05) is 25.2 Å². The van der Waals surface area contributed by atoms with Crippen molar-refractivity contribution in [2.75, 3.05) is 19.6 Å². The van der Waals surface area contributed by atoms with E-state index in [0.29, 0.717) is 31.5 Å². The summed E-state index contributed by atoms with van der Waals surface area (Å²) in [4.78, 5) is 0. The van der Waals surface area contributed by atoms with Gasteiger partial charge in [-0.15, -0.1) is 0 Å². The molecule has 1 saturated heterocycles. The molecule has 0 bridgehead atoms. The lowest BCUT2D eigenvalue weighted by atomic mass is 9.74. The van der Waals surface area contributed by atoms with Crippen LogP contribution in [0.3, 0.4) is 0 Å². The number of rotatable bonds is 4. The third-order valence-corrected chi connectivity index (χ3v) is 6.94. The van der Waals surface area contributed by atoms with Gasteiger partial charge in [0.2, 0.25) is 0 Å². The molecule has 2 aliphatic rings. The van der Waals surface area contributed by atoms with E-state index in [2.05, 4.69) is 18.6 Å². The van der Waals surface area contributed by atoms with Crippen LogP contribution in [-0.2, 0) is 10.2 Å². The minimum atomic E-state index is -3.41. The molecular weight excluding hydrogens is 274 g/mol. The summed E-state index contributed by atoms with van der Waals surface area (Å²) in [6.07, 6.45) is 6.04. The van der Waals surface area contributed by atoms with Crippen LogP contribution < -0.4 is 10.5 Å². The Kier molecular flexibility index (Phi) is 5.10. The molecule has 1 saturated carbocycles. The second kappa shape index (κ2) is 6.30. The van der Waals surface area contributed by atoms with Crippen molar-refractivity contribution in [1.29, 1.82) is 0 Å².